The highest BCUT2D eigenvalue weighted by Gasteiger charge is 2.11. The SMILES string of the molecule is CCc1ccc(OCc2nnc(-c3ccccc3Cl)o2)cc1. The van der Waals surface area contributed by atoms with Crippen molar-refractivity contribution in [3.05, 3.63) is 65.0 Å². The Hall–Kier alpha value is -2.33. The van der Waals surface area contributed by atoms with E-state index >= 15 is 0 Å². The van der Waals surface area contributed by atoms with E-state index in [1.165, 1.54) is 5.56 Å². The summed E-state index contributed by atoms with van der Waals surface area (Å²) in [5.41, 5.74) is 1.99. The number of benzene rings is 2. The molecule has 3 rings (SSSR count). The molecule has 0 atom stereocenters. The number of aryl methyl sites for hydroxylation is 1. The molecule has 0 N–H and O–H groups in total. The monoisotopic (exact) mass is 314 g/mol. The van der Waals surface area contributed by atoms with Gasteiger partial charge >= 0.3 is 0 Å². The molecule has 0 saturated carbocycles. The molecule has 0 bridgehead atoms. The highest BCUT2D eigenvalue weighted by Crippen LogP contribution is 2.26. The maximum absolute atomic E-state index is 6.11. The van der Waals surface area contributed by atoms with Crippen molar-refractivity contribution in [1.29, 1.82) is 0 Å². The second kappa shape index (κ2) is 6.62. The molecule has 4 nitrogen and oxygen atoms in total. The Morgan fingerprint density at radius 1 is 1.05 bits per heavy atom. The predicted octanol–water partition coefficient (Wildman–Crippen LogP) is 4.53. The first-order valence-corrected chi connectivity index (χ1v) is 7.43. The van der Waals surface area contributed by atoms with E-state index in [0.717, 1.165) is 17.7 Å². The van der Waals surface area contributed by atoms with Crippen molar-refractivity contribution in [3.63, 3.8) is 0 Å². The lowest BCUT2D eigenvalue weighted by Gasteiger charge is -2.04. The van der Waals surface area contributed by atoms with Gasteiger partial charge in [0.15, 0.2) is 6.61 Å². The smallest absolute Gasteiger partial charge is 0.254 e. The second-order valence-electron chi connectivity index (χ2n) is 4.77. The van der Waals surface area contributed by atoms with Gasteiger partial charge in [-0.25, -0.2) is 0 Å². The Morgan fingerprint density at radius 3 is 2.55 bits per heavy atom. The topological polar surface area (TPSA) is 48.2 Å². The lowest BCUT2D eigenvalue weighted by molar-refractivity contribution is 0.264. The maximum Gasteiger partial charge on any atom is 0.254 e. The van der Waals surface area contributed by atoms with E-state index in [1.54, 1.807) is 6.07 Å². The minimum atomic E-state index is 0.225. The van der Waals surface area contributed by atoms with Gasteiger partial charge in [-0.3, -0.25) is 0 Å². The Kier molecular flexibility index (Phi) is 4.39. The largest absolute Gasteiger partial charge is 0.484 e. The van der Waals surface area contributed by atoms with Crippen LogP contribution in [0, 0.1) is 0 Å². The quantitative estimate of drug-likeness (QED) is 0.694. The number of rotatable bonds is 5. The molecule has 5 heteroatoms. The Labute approximate surface area is 133 Å². The van der Waals surface area contributed by atoms with Crippen LogP contribution < -0.4 is 4.74 Å². The van der Waals surface area contributed by atoms with Gasteiger partial charge in [-0.1, -0.05) is 42.8 Å². The first-order valence-electron chi connectivity index (χ1n) is 7.05. The molecule has 22 heavy (non-hydrogen) atoms. The van der Waals surface area contributed by atoms with Crippen LogP contribution in [0.25, 0.3) is 11.5 Å². The number of hydrogen-bond donors (Lipinski definition) is 0. The van der Waals surface area contributed by atoms with Gasteiger partial charge in [-0.05, 0) is 36.2 Å². The minimum absolute atomic E-state index is 0.225. The van der Waals surface area contributed by atoms with E-state index in [1.807, 2.05) is 42.5 Å². The summed E-state index contributed by atoms with van der Waals surface area (Å²) in [6.45, 7) is 2.34. The molecule has 0 radical (unpaired) electrons. The average Bonchev–Trinajstić information content (AvgIpc) is 3.02. The molecule has 0 aliphatic heterocycles. The summed E-state index contributed by atoms with van der Waals surface area (Å²) in [4.78, 5) is 0. The Morgan fingerprint density at radius 2 is 1.82 bits per heavy atom. The van der Waals surface area contributed by atoms with Gasteiger partial charge in [0.1, 0.15) is 5.75 Å². The van der Waals surface area contributed by atoms with Gasteiger partial charge in [0.05, 0.1) is 10.6 Å². The van der Waals surface area contributed by atoms with Gasteiger partial charge in [0.2, 0.25) is 5.89 Å². The van der Waals surface area contributed by atoms with Crippen molar-refractivity contribution >= 4 is 11.6 Å². The molecule has 112 valence electrons. The van der Waals surface area contributed by atoms with Crippen molar-refractivity contribution in [3.8, 4) is 17.2 Å². The molecule has 1 aromatic heterocycles. The van der Waals surface area contributed by atoms with Crippen LogP contribution in [-0.2, 0) is 13.0 Å². The molecule has 0 saturated heterocycles. The predicted molar refractivity (Wildman–Crippen MR) is 84.9 cm³/mol. The van der Waals surface area contributed by atoms with Crippen molar-refractivity contribution in [2.75, 3.05) is 0 Å². The number of nitrogens with zero attached hydrogens (tertiary/aromatic N) is 2. The zero-order chi connectivity index (χ0) is 15.4. The molecular weight excluding hydrogens is 300 g/mol. The summed E-state index contributed by atoms with van der Waals surface area (Å²) >= 11 is 6.11. The first-order chi connectivity index (χ1) is 10.8. The van der Waals surface area contributed by atoms with Gasteiger partial charge in [-0.2, -0.15) is 0 Å². The van der Waals surface area contributed by atoms with E-state index in [2.05, 4.69) is 17.1 Å². The zero-order valence-corrected chi connectivity index (χ0v) is 12.9. The molecule has 0 aliphatic rings. The van der Waals surface area contributed by atoms with Crippen LogP contribution in [-0.4, -0.2) is 10.2 Å². The van der Waals surface area contributed by atoms with E-state index in [9.17, 15) is 0 Å². The Balaban J connectivity index is 1.68. The van der Waals surface area contributed by atoms with Crippen molar-refractivity contribution in [2.45, 2.75) is 20.0 Å². The van der Waals surface area contributed by atoms with E-state index in [0.29, 0.717) is 16.8 Å². The van der Waals surface area contributed by atoms with Crippen LogP contribution in [0.5, 0.6) is 5.75 Å². The molecule has 0 aliphatic carbocycles. The standard InChI is InChI=1S/C17H15ClN2O2/c1-2-12-7-9-13(10-8-12)21-11-16-19-20-17(22-16)14-5-3-4-6-15(14)18/h3-10H,2,11H2,1H3. The molecule has 2 aromatic carbocycles. The fourth-order valence-corrected chi connectivity index (χ4v) is 2.24. The van der Waals surface area contributed by atoms with Crippen molar-refractivity contribution < 1.29 is 9.15 Å². The van der Waals surface area contributed by atoms with Crippen LogP contribution in [0.4, 0.5) is 0 Å². The third-order valence-electron chi connectivity index (χ3n) is 3.27. The van der Waals surface area contributed by atoms with Gasteiger partial charge < -0.3 is 9.15 Å². The lowest BCUT2D eigenvalue weighted by atomic mass is 10.2. The number of halogens is 1. The molecule has 0 amide bonds. The van der Waals surface area contributed by atoms with Crippen molar-refractivity contribution in [1.82, 2.24) is 10.2 Å². The number of aromatic nitrogens is 2. The molecule has 3 aromatic rings. The summed E-state index contributed by atoms with van der Waals surface area (Å²) in [6.07, 6.45) is 1.01. The molecule has 0 unspecified atom stereocenters. The molecule has 1 heterocycles. The van der Waals surface area contributed by atoms with Crippen LogP contribution in [0.15, 0.2) is 52.9 Å². The molecule has 0 fully saturated rings. The van der Waals surface area contributed by atoms with Gasteiger partial charge in [0.25, 0.3) is 5.89 Å². The fraction of sp³-hybridized carbons (Fsp3) is 0.176. The van der Waals surface area contributed by atoms with Crippen molar-refractivity contribution in [2.24, 2.45) is 0 Å². The van der Waals surface area contributed by atoms with Crippen LogP contribution in [0.3, 0.4) is 0 Å². The van der Waals surface area contributed by atoms with E-state index in [-0.39, 0.29) is 6.61 Å². The third-order valence-corrected chi connectivity index (χ3v) is 3.59. The highest BCUT2D eigenvalue weighted by atomic mass is 35.5. The fourth-order valence-electron chi connectivity index (χ4n) is 2.02. The summed E-state index contributed by atoms with van der Waals surface area (Å²) in [5, 5.41) is 8.57. The number of ether oxygens (including phenoxy) is 1. The van der Waals surface area contributed by atoms with E-state index < -0.39 is 0 Å². The summed E-state index contributed by atoms with van der Waals surface area (Å²) in [7, 11) is 0. The van der Waals surface area contributed by atoms with Crippen LogP contribution in [0.2, 0.25) is 5.02 Å². The highest BCUT2D eigenvalue weighted by molar-refractivity contribution is 6.33. The molecular formula is C17H15ClN2O2. The van der Waals surface area contributed by atoms with Crippen LogP contribution in [0.1, 0.15) is 18.4 Å². The minimum Gasteiger partial charge on any atom is -0.484 e. The summed E-state index contributed by atoms with van der Waals surface area (Å²) < 4.78 is 11.2. The molecule has 0 spiro atoms. The lowest BCUT2D eigenvalue weighted by Crippen LogP contribution is -1.95. The first kappa shape index (κ1) is 14.6. The average molecular weight is 315 g/mol. The third kappa shape index (κ3) is 3.28. The normalized spacial score (nSPS) is 10.6. The second-order valence-corrected chi connectivity index (χ2v) is 5.17. The Bertz CT molecular complexity index is 753. The van der Waals surface area contributed by atoms with Gasteiger partial charge in [0, 0.05) is 0 Å². The summed E-state index contributed by atoms with van der Waals surface area (Å²) in [6, 6.07) is 15.3. The van der Waals surface area contributed by atoms with Gasteiger partial charge in [-0.15, -0.1) is 10.2 Å². The summed E-state index contributed by atoms with van der Waals surface area (Å²) in [5.74, 6) is 1.58. The maximum atomic E-state index is 6.11. The van der Waals surface area contributed by atoms with E-state index in [4.69, 9.17) is 20.8 Å². The zero-order valence-electron chi connectivity index (χ0n) is 12.1. The number of hydrogen-bond acceptors (Lipinski definition) is 4. The van der Waals surface area contributed by atoms with Crippen LogP contribution >= 0.6 is 11.6 Å².